The minimum absolute atomic E-state index is 0.180. The second-order valence-electron chi connectivity index (χ2n) is 7.11. The fourth-order valence-electron chi connectivity index (χ4n) is 3.46. The van der Waals surface area contributed by atoms with Crippen molar-refractivity contribution in [3.8, 4) is 0 Å². The van der Waals surface area contributed by atoms with Crippen molar-refractivity contribution in [3.05, 3.63) is 64.1 Å². The maximum atomic E-state index is 13.2. The molecule has 160 valence electrons. The van der Waals surface area contributed by atoms with Gasteiger partial charge in [0, 0.05) is 16.6 Å². The van der Waals surface area contributed by atoms with Crippen LogP contribution in [0.15, 0.2) is 58.5 Å². The first-order valence-electron chi connectivity index (χ1n) is 9.72. The fraction of sp³-hybridized carbons (Fsp3) is 0.333. The van der Waals surface area contributed by atoms with Crippen molar-refractivity contribution in [2.24, 2.45) is 5.10 Å². The molecule has 0 bridgehead atoms. The summed E-state index contributed by atoms with van der Waals surface area (Å²) in [6.45, 7) is -0.298. The van der Waals surface area contributed by atoms with Crippen LogP contribution in [0.25, 0.3) is 0 Å². The Hall–Kier alpha value is -1.93. The number of nitrogens with one attached hydrogen (secondary N) is 1. The van der Waals surface area contributed by atoms with Crippen molar-refractivity contribution >= 4 is 45.3 Å². The first-order valence-corrected chi connectivity index (χ1v) is 11.9. The van der Waals surface area contributed by atoms with Crippen molar-refractivity contribution < 1.29 is 13.2 Å². The highest BCUT2D eigenvalue weighted by atomic mass is 35.5. The van der Waals surface area contributed by atoms with E-state index in [0.29, 0.717) is 15.6 Å². The van der Waals surface area contributed by atoms with E-state index in [1.165, 1.54) is 10.5 Å². The average molecular weight is 468 g/mol. The molecule has 0 aliphatic heterocycles. The molecular weight excluding hydrogens is 445 g/mol. The van der Waals surface area contributed by atoms with Crippen LogP contribution in [-0.2, 0) is 14.8 Å². The monoisotopic (exact) mass is 467 g/mol. The van der Waals surface area contributed by atoms with Crippen LogP contribution in [0.1, 0.15) is 37.7 Å². The molecule has 9 heteroatoms. The predicted octanol–water partition coefficient (Wildman–Crippen LogP) is 4.47. The molecule has 0 atom stereocenters. The summed E-state index contributed by atoms with van der Waals surface area (Å²) < 4.78 is 27.7. The molecule has 2 aromatic rings. The Balaban J connectivity index is 1.74. The lowest BCUT2D eigenvalue weighted by Gasteiger charge is -2.32. The topological polar surface area (TPSA) is 78.8 Å². The van der Waals surface area contributed by atoms with Crippen LogP contribution >= 0.6 is 23.2 Å². The number of amides is 1. The number of rotatable bonds is 7. The van der Waals surface area contributed by atoms with Gasteiger partial charge in [-0.25, -0.2) is 13.8 Å². The van der Waals surface area contributed by atoms with Gasteiger partial charge in [0.05, 0.1) is 22.7 Å². The number of benzene rings is 2. The summed E-state index contributed by atoms with van der Waals surface area (Å²) in [4.78, 5) is 12.7. The number of sulfonamides is 1. The van der Waals surface area contributed by atoms with Crippen molar-refractivity contribution in [2.75, 3.05) is 6.54 Å². The van der Waals surface area contributed by atoms with Gasteiger partial charge in [0.15, 0.2) is 0 Å². The molecule has 1 amide bonds. The van der Waals surface area contributed by atoms with Crippen LogP contribution in [-0.4, -0.2) is 37.4 Å². The van der Waals surface area contributed by atoms with E-state index in [4.69, 9.17) is 23.2 Å². The Kier molecular flexibility index (Phi) is 7.88. The van der Waals surface area contributed by atoms with Gasteiger partial charge in [0.25, 0.3) is 5.91 Å². The Morgan fingerprint density at radius 1 is 1.10 bits per heavy atom. The zero-order valence-corrected chi connectivity index (χ0v) is 18.6. The standard InChI is InChI=1S/C21H23Cl2N3O3S/c22-17-12-11-16(20(23)13-17)14-24-25-21(27)15-26(18-7-3-1-4-8-18)30(28,29)19-9-5-2-6-10-19/h2,5-6,9-14,18H,1,3-4,7-8,15H2,(H,25,27)/b24-14+. The molecular formula is C21H23Cl2N3O3S. The number of carbonyl (C=O) groups excluding carboxylic acids is 1. The maximum absolute atomic E-state index is 13.2. The smallest absolute Gasteiger partial charge is 0.255 e. The number of nitrogens with zero attached hydrogens (tertiary/aromatic N) is 2. The SMILES string of the molecule is O=C(CN(C1CCCCC1)S(=O)(=O)c1ccccc1)N/N=C/c1ccc(Cl)cc1Cl. The van der Waals surface area contributed by atoms with Crippen LogP contribution < -0.4 is 5.43 Å². The summed E-state index contributed by atoms with van der Waals surface area (Å²) in [5.41, 5.74) is 2.98. The highest BCUT2D eigenvalue weighted by Crippen LogP contribution is 2.27. The van der Waals surface area contributed by atoms with Gasteiger partial charge in [-0.3, -0.25) is 4.79 Å². The highest BCUT2D eigenvalue weighted by Gasteiger charge is 2.33. The van der Waals surface area contributed by atoms with Crippen molar-refractivity contribution in [3.63, 3.8) is 0 Å². The van der Waals surface area contributed by atoms with Crippen molar-refractivity contribution in [1.82, 2.24) is 9.73 Å². The third kappa shape index (κ3) is 5.82. The highest BCUT2D eigenvalue weighted by molar-refractivity contribution is 7.89. The molecule has 0 spiro atoms. The Labute approximate surface area is 186 Å². The number of carbonyl (C=O) groups is 1. The maximum Gasteiger partial charge on any atom is 0.255 e. The lowest BCUT2D eigenvalue weighted by molar-refractivity contribution is -0.121. The third-order valence-electron chi connectivity index (χ3n) is 4.99. The van der Waals surface area contributed by atoms with E-state index >= 15 is 0 Å². The second-order valence-corrected chi connectivity index (χ2v) is 9.85. The molecule has 1 N–H and O–H groups in total. The van der Waals surface area contributed by atoms with E-state index in [9.17, 15) is 13.2 Å². The van der Waals surface area contributed by atoms with Gasteiger partial charge in [-0.1, -0.05) is 66.7 Å². The van der Waals surface area contributed by atoms with Gasteiger partial charge in [-0.15, -0.1) is 0 Å². The number of halogens is 2. The van der Waals surface area contributed by atoms with E-state index in [0.717, 1.165) is 32.1 Å². The Morgan fingerprint density at radius 2 is 1.80 bits per heavy atom. The molecule has 0 saturated heterocycles. The molecule has 1 aliphatic carbocycles. The quantitative estimate of drug-likeness (QED) is 0.481. The van der Waals surface area contributed by atoms with Gasteiger partial charge in [0.1, 0.15) is 0 Å². The minimum atomic E-state index is -3.80. The zero-order chi connectivity index (χ0) is 21.6. The molecule has 0 radical (unpaired) electrons. The average Bonchev–Trinajstić information content (AvgIpc) is 2.75. The molecule has 30 heavy (non-hydrogen) atoms. The lowest BCUT2D eigenvalue weighted by Crippen LogP contribution is -2.46. The van der Waals surface area contributed by atoms with E-state index in [1.807, 2.05) is 0 Å². The van der Waals surface area contributed by atoms with Gasteiger partial charge in [0.2, 0.25) is 10.0 Å². The Morgan fingerprint density at radius 3 is 2.47 bits per heavy atom. The summed E-state index contributed by atoms with van der Waals surface area (Å²) in [5.74, 6) is -0.513. The molecule has 1 saturated carbocycles. The first kappa shape index (κ1) is 22.7. The van der Waals surface area contributed by atoms with Crippen LogP contribution in [0, 0.1) is 0 Å². The van der Waals surface area contributed by atoms with E-state index in [2.05, 4.69) is 10.5 Å². The number of hydrogen-bond donors (Lipinski definition) is 1. The van der Waals surface area contributed by atoms with Gasteiger partial charge in [-0.05, 0) is 37.1 Å². The molecule has 6 nitrogen and oxygen atoms in total. The molecule has 0 unspecified atom stereocenters. The molecule has 0 aromatic heterocycles. The fourth-order valence-corrected chi connectivity index (χ4v) is 5.58. The number of hydrazone groups is 1. The van der Waals surface area contributed by atoms with Gasteiger partial charge < -0.3 is 0 Å². The zero-order valence-electron chi connectivity index (χ0n) is 16.3. The third-order valence-corrected chi connectivity index (χ3v) is 7.46. The van der Waals surface area contributed by atoms with Crippen molar-refractivity contribution in [1.29, 1.82) is 0 Å². The van der Waals surface area contributed by atoms with Crippen LogP contribution in [0.4, 0.5) is 0 Å². The van der Waals surface area contributed by atoms with E-state index in [-0.39, 0.29) is 17.5 Å². The molecule has 1 fully saturated rings. The van der Waals surface area contributed by atoms with Gasteiger partial charge >= 0.3 is 0 Å². The largest absolute Gasteiger partial charge is 0.272 e. The van der Waals surface area contributed by atoms with Crippen molar-refractivity contribution in [2.45, 2.75) is 43.0 Å². The lowest BCUT2D eigenvalue weighted by atomic mass is 9.95. The van der Waals surface area contributed by atoms with E-state index in [1.54, 1.807) is 48.5 Å². The summed E-state index contributed by atoms with van der Waals surface area (Å²) in [5, 5.41) is 4.81. The number of hydrogen-bond acceptors (Lipinski definition) is 4. The summed E-state index contributed by atoms with van der Waals surface area (Å²) in [6, 6.07) is 12.9. The summed E-state index contributed by atoms with van der Waals surface area (Å²) in [6.07, 6.45) is 5.84. The molecule has 1 aliphatic rings. The minimum Gasteiger partial charge on any atom is -0.272 e. The first-order chi connectivity index (χ1) is 14.4. The summed E-state index contributed by atoms with van der Waals surface area (Å²) >= 11 is 11.9. The Bertz CT molecular complexity index is 1010. The predicted molar refractivity (Wildman–Crippen MR) is 119 cm³/mol. The van der Waals surface area contributed by atoms with Gasteiger partial charge in [-0.2, -0.15) is 9.41 Å². The van der Waals surface area contributed by atoms with Crippen LogP contribution in [0.3, 0.4) is 0 Å². The normalized spacial score (nSPS) is 15.6. The molecule has 0 heterocycles. The van der Waals surface area contributed by atoms with Crippen LogP contribution in [0.5, 0.6) is 0 Å². The van der Waals surface area contributed by atoms with E-state index < -0.39 is 15.9 Å². The molecule has 2 aromatic carbocycles. The second kappa shape index (κ2) is 10.4. The van der Waals surface area contributed by atoms with Crippen LogP contribution in [0.2, 0.25) is 10.0 Å². The summed E-state index contributed by atoms with van der Waals surface area (Å²) in [7, 11) is -3.80. The molecule has 3 rings (SSSR count).